The van der Waals surface area contributed by atoms with Gasteiger partial charge in [0.2, 0.25) is 5.91 Å². The van der Waals surface area contributed by atoms with Crippen molar-refractivity contribution in [3.05, 3.63) is 0 Å². The Balaban J connectivity index is 4.62. The van der Waals surface area contributed by atoms with Gasteiger partial charge in [-0.2, -0.15) is 0 Å². The molecule has 0 aliphatic heterocycles. The molecule has 0 spiro atoms. The molecule has 0 saturated heterocycles. The molecule has 0 heterocycles. The maximum Gasteiger partial charge on any atom is 0.305 e. The Hall–Kier alpha value is -1.63. The first-order chi connectivity index (χ1) is 5.78. The van der Waals surface area contributed by atoms with Gasteiger partial charge in [0.25, 0.3) is 0 Å². The molecule has 7 heteroatoms. The summed E-state index contributed by atoms with van der Waals surface area (Å²) in [6, 6.07) is 0. The van der Waals surface area contributed by atoms with Crippen LogP contribution in [-0.2, 0) is 14.4 Å². The van der Waals surface area contributed by atoms with Crippen molar-refractivity contribution in [2.45, 2.75) is 18.4 Å². The predicted molar refractivity (Wildman–Crippen MR) is 40.6 cm³/mol. The van der Waals surface area contributed by atoms with Crippen LogP contribution in [-0.4, -0.2) is 33.6 Å². The molecule has 13 heavy (non-hydrogen) atoms. The number of hydrogen-bond acceptors (Lipinski definition) is 4. The number of carboxylic acid groups (broad SMARTS) is 2. The van der Waals surface area contributed by atoms with Gasteiger partial charge < -0.3 is 21.7 Å². The third kappa shape index (κ3) is 3.52. The number of hydrogen-bond donors (Lipinski definition) is 4. The number of carbonyl (C=O) groups excluding carboxylic acids is 1. The number of nitrogens with two attached hydrogens (primary N) is 2. The van der Waals surface area contributed by atoms with Gasteiger partial charge >= 0.3 is 11.9 Å². The highest BCUT2D eigenvalue weighted by atomic mass is 16.4. The molecular formula is C6H10N2O5. The van der Waals surface area contributed by atoms with E-state index in [1.165, 1.54) is 0 Å². The maximum absolute atomic E-state index is 10.7. The van der Waals surface area contributed by atoms with Crippen LogP contribution in [0.5, 0.6) is 0 Å². The summed E-state index contributed by atoms with van der Waals surface area (Å²) < 4.78 is 0. The lowest BCUT2D eigenvalue weighted by Gasteiger charge is -2.21. The quantitative estimate of drug-likeness (QED) is 0.399. The summed E-state index contributed by atoms with van der Waals surface area (Å²) in [6.07, 6.45) is -1.59. The highest BCUT2D eigenvalue weighted by Crippen LogP contribution is 2.11. The summed E-state index contributed by atoms with van der Waals surface area (Å²) in [5, 5.41) is 16.7. The Morgan fingerprint density at radius 3 is 1.54 bits per heavy atom. The number of primary amides is 1. The zero-order valence-electron chi connectivity index (χ0n) is 6.69. The standard InChI is InChI=1S/C6H10N2O5/c7-5(13)6(8,1-3(9)10)2-4(11)12/h1-2,8H2,(H2,7,13)(H,9,10)(H,11,12). The van der Waals surface area contributed by atoms with Gasteiger partial charge in [-0.1, -0.05) is 0 Å². The third-order valence-corrected chi connectivity index (χ3v) is 1.42. The molecule has 7 nitrogen and oxygen atoms in total. The Labute approximate surface area is 73.3 Å². The summed E-state index contributed by atoms with van der Waals surface area (Å²) in [6.45, 7) is 0. The molecule has 0 aromatic rings. The largest absolute Gasteiger partial charge is 0.481 e. The topological polar surface area (TPSA) is 144 Å². The van der Waals surface area contributed by atoms with Crippen LogP contribution in [0, 0.1) is 0 Å². The lowest BCUT2D eigenvalue weighted by molar-refractivity contribution is -0.145. The average Bonchev–Trinajstić information content (AvgIpc) is 1.82. The van der Waals surface area contributed by atoms with Crippen LogP contribution in [0.4, 0.5) is 0 Å². The van der Waals surface area contributed by atoms with Crippen LogP contribution < -0.4 is 11.5 Å². The average molecular weight is 190 g/mol. The molecule has 0 atom stereocenters. The molecule has 6 N–H and O–H groups in total. The molecule has 0 aliphatic carbocycles. The van der Waals surface area contributed by atoms with E-state index < -0.39 is 36.2 Å². The van der Waals surface area contributed by atoms with Crippen molar-refractivity contribution in [3.63, 3.8) is 0 Å². The van der Waals surface area contributed by atoms with Gasteiger partial charge in [0, 0.05) is 0 Å². The van der Waals surface area contributed by atoms with Gasteiger partial charge in [-0.3, -0.25) is 14.4 Å². The second kappa shape index (κ2) is 3.85. The first-order valence-corrected chi connectivity index (χ1v) is 3.30. The van der Waals surface area contributed by atoms with Crippen molar-refractivity contribution in [1.29, 1.82) is 0 Å². The molecule has 0 aromatic carbocycles. The van der Waals surface area contributed by atoms with Crippen LogP contribution in [0.2, 0.25) is 0 Å². The molecular weight excluding hydrogens is 180 g/mol. The van der Waals surface area contributed by atoms with E-state index >= 15 is 0 Å². The molecule has 0 bridgehead atoms. The second-order valence-corrected chi connectivity index (χ2v) is 2.66. The summed E-state index contributed by atoms with van der Waals surface area (Å²) in [7, 11) is 0. The monoisotopic (exact) mass is 190 g/mol. The summed E-state index contributed by atoms with van der Waals surface area (Å²) in [4.78, 5) is 31.1. The molecule has 0 fully saturated rings. The zero-order chi connectivity index (χ0) is 10.6. The van der Waals surface area contributed by atoms with E-state index in [1.807, 2.05) is 0 Å². The van der Waals surface area contributed by atoms with Crippen molar-refractivity contribution in [3.8, 4) is 0 Å². The van der Waals surface area contributed by atoms with Crippen LogP contribution >= 0.6 is 0 Å². The van der Waals surface area contributed by atoms with E-state index in [2.05, 4.69) is 0 Å². The summed E-state index contributed by atoms with van der Waals surface area (Å²) >= 11 is 0. The fourth-order valence-electron chi connectivity index (χ4n) is 0.776. The van der Waals surface area contributed by atoms with Crippen LogP contribution in [0.1, 0.15) is 12.8 Å². The molecule has 0 aromatic heterocycles. The first kappa shape index (κ1) is 11.4. The smallest absolute Gasteiger partial charge is 0.305 e. The molecule has 0 rings (SSSR count). The van der Waals surface area contributed by atoms with E-state index in [0.29, 0.717) is 0 Å². The minimum absolute atomic E-state index is 0.797. The van der Waals surface area contributed by atoms with Gasteiger partial charge in [-0.25, -0.2) is 0 Å². The Bertz CT molecular complexity index is 233. The molecule has 0 radical (unpaired) electrons. The number of aliphatic carboxylic acids is 2. The van der Waals surface area contributed by atoms with Crippen LogP contribution in [0.3, 0.4) is 0 Å². The fourth-order valence-corrected chi connectivity index (χ4v) is 0.776. The fraction of sp³-hybridized carbons (Fsp3) is 0.500. The van der Waals surface area contributed by atoms with Gasteiger partial charge in [0.15, 0.2) is 0 Å². The van der Waals surface area contributed by atoms with E-state index in [0.717, 1.165) is 0 Å². The van der Waals surface area contributed by atoms with E-state index in [1.54, 1.807) is 0 Å². The number of carboxylic acids is 2. The Morgan fingerprint density at radius 1 is 1.08 bits per heavy atom. The van der Waals surface area contributed by atoms with Gasteiger partial charge in [0.1, 0.15) is 5.54 Å². The molecule has 1 amide bonds. The molecule has 74 valence electrons. The minimum Gasteiger partial charge on any atom is -0.481 e. The lowest BCUT2D eigenvalue weighted by atomic mass is 9.92. The zero-order valence-corrected chi connectivity index (χ0v) is 6.69. The second-order valence-electron chi connectivity index (χ2n) is 2.66. The van der Waals surface area contributed by atoms with Crippen molar-refractivity contribution < 1.29 is 24.6 Å². The molecule has 0 aliphatic rings. The maximum atomic E-state index is 10.7. The highest BCUT2D eigenvalue weighted by Gasteiger charge is 2.37. The normalized spacial score (nSPS) is 10.8. The van der Waals surface area contributed by atoms with Crippen molar-refractivity contribution in [2.24, 2.45) is 11.5 Å². The van der Waals surface area contributed by atoms with E-state index in [4.69, 9.17) is 21.7 Å². The van der Waals surface area contributed by atoms with Gasteiger partial charge in [0.05, 0.1) is 12.8 Å². The predicted octanol–water partition coefficient (Wildman–Crippen LogP) is -1.88. The minimum atomic E-state index is -2.02. The Kier molecular flexibility index (Phi) is 3.37. The molecule has 0 unspecified atom stereocenters. The Morgan fingerprint density at radius 2 is 1.38 bits per heavy atom. The van der Waals surface area contributed by atoms with Crippen LogP contribution in [0.25, 0.3) is 0 Å². The number of rotatable bonds is 5. The van der Waals surface area contributed by atoms with Crippen LogP contribution in [0.15, 0.2) is 0 Å². The SMILES string of the molecule is NC(=O)C(N)(CC(=O)O)CC(=O)O. The summed E-state index contributed by atoms with van der Waals surface area (Å²) in [5.74, 6) is -3.89. The van der Waals surface area contributed by atoms with Gasteiger partial charge in [-0.15, -0.1) is 0 Å². The number of amides is 1. The number of carbonyl (C=O) groups is 3. The van der Waals surface area contributed by atoms with Crippen molar-refractivity contribution in [1.82, 2.24) is 0 Å². The van der Waals surface area contributed by atoms with Crippen molar-refractivity contribution in [2.75, 3.05) is 0 Å². The summed E-state index contributed by atoms with van der Waals surface area (Å²) in [5.41, 5.74) is 7.97. The van der Waals surface area contributed by atoms with Crippen molar-refractivity contribution >= 4 is 17.8 Å². The molecule has 0 saturated carbocycles. The van der Waals surface area contributed by atoms with E-state index in [-0.39, 0.29) is 0 Å². The third-order valence-electron chi connectivity index (χ3n) is 1.42. The highest BCUT2D eigenvalue weighted by molar-refractivity contribution is 5.92. The van der Waals surface area contributed by atoms with Gasteiger partial charge in [-0.05, 0) is 0 Å². The first-order valence-electron chi connectivity index (χ1n) is 3.30. The lowest BCUT2D eigenvalue weighted by Crippen LogP contribution is -2.54. The van der Waals surface area contributed by atoms with E-state index in [9.17, 15) is 14.4 Å².